The molecule has 2 N–H and O–H groups in total. The molecule has 0 spiro atoms. The fourth-order valence-electron chi connectivity index (χ4n) is 4.40. The van der Waals surface area contributed by atoms with Crippen molar-refractivity contribution in [3.63, 3.8) is 0 Å². The van der Waals surface area contributed by atoms with Gasteiger partial charge in [-0.2, -0.15) is 0 Å². The second-order valence-electron chi connectivity index (χ2n) is 8.22. The molecule has 0 radical (unpaired) electrons. The lowest BCUT2D eigenvalue weighted by molar-refractivity contribution is -0.123. The zero-order valence-corrected chi connectivity index (χ0v) is 16.9. The van der Waals surface area contributed by atoms with Gasteiger partial charge >= 0.3 is 0 Å². The van der Waals surface area contributed by atoms with Crippen LogP contribution in [0.2, 0.25) is 0 Å². The van der Waals surface area contributed by atoms with E-state index in [1.165, 1.54) is 5.56 Å². The van der Waals surface area contributed by atoms with Crippen molar-refractivity contribution >= 4 is 11.8 Å². The first kappa shape index (κ1) is 20.8. The SMILES string of the molecule is CC(=O)NCC1CCCN(CC(=O)NCC2(c3ccccc3)CCOCC2)C1. The summed E-state index contributed by atoms with van der Waals surface area (Å²) < 4.78 is 5.58. The first-order valence-electron chi connectivity index (χ1n) is 10.4. The summed E-state index contributed by atoms with van der Waals surface area (Å²) in [6.07, 6.45) is 4.04. The number of amides is 2. The number of carbonyl (C=O) groups is 2. The number of piperidine rings is 1. The van der Waals surface area contributed by atoms with Crippen LogP contribution in [0.25, 0.3) is 0 Å². The van der Waals surface area contributed by atoms with Gasteiger partial charge < -0.3 is 15.4 Å². The zero-order chi connectivity index (χ0) is 19.8. The molecule has 28 heavy (non-hydrogen) atoms. The molecule has 154 valence electrons. The van der Waals surface area contributed by atoms with Crippen LogP contribution in [-0.4, -0.2) is 62.7 Å². The van der Waals surface area contributed by atoms with E-state index < -0.39 is 0 Å². The van der Waals surface area contributed by atoms with E-state index in [1.807, 2.05) is 6.07 Å². The maximum Gasteiger partial charge on any atom is 0.234 e. The average Bonchev–Trinajstić information content (AvgIpc) is 2.72. The van der Waals surface area contributed by atoms with Crippen LogP contribution in [0, 0.1) is 5.92 Å². The number of carbonyl (C=O) groups excluding carboxylic acids is 2. The molecule has 0 aliphatic carbocycles. The summed E-state index contributed by atoms with van der Waals surface area (Å²) in [5.41, 5.74) is 1.25. The smallest absolute Gasteiger partial charge is 0.234 e. The molecule has 0 aromatic heterocycles. The van der Waals surface area contributed by atoms with Gasteiger partial charge in [0.05, 0.1) is 6.54 Å². The molecule has 6 heteroatoms. The zero-order valence-electron chi connectivity index (χ0n) is 16.9. The van der Waals surface area contributed by atoms with E-state index in [4.69, 9.17) is 4.74 Å². The van der Waals surface area contributed by atoms with Crippen LogP contribution in [0.3, 0.4) is 0 Å². The molecule has 1 unspecified atom stereocenters. The summed E-state index contributed by atoms with van der Waals surface area (Å²) in [6.45, 7) is 6.62. The third-order valence-electron chi connectivity index (χ3n) is 6.07. The summed E-state index contributed by atoms with van der Waals surface area (Å²) in [7, 11) is 0. The van der Waals surface area contributed by atoms with Crippen LogP contribution in [0.5, 0.6) is 0 Å². The molecule has 2 saturated heterocycles. The van der Waals surface area contributed by atoms with Crippen molar-refractivity contribution in [1.82, 2.24) is 15.5 Å². The predicted molar refractivity (Wildman–Crippen MR) is 109 cm³/mol. The molecule has 2 aliphatic heterocycles. The van der Waals surface area contributed by atoms with Gasteiger partial charge in [-0.1, -0.05) is 30.3 Å². The van der Waals surface area contributed by atoms with Crippen molar-refractivity contribution in [1.29, 1.82) is 0 Å². The Morgan fingerprint density at radius 2 is 1.93 bits per heavy atom. The van der Waals surface area contributed by atoms with Gasteiger partial charge in [0.2, 0.25) is 11.8 Å². The van der Waals surface area contributed by atoms with Gasteiger partial charge in [0.25, 0.3) is 0 Å². The van der Waals surface area contributed by atoms with E-state index in [0.29, 0.717) is 25.6 Å². The minimum absolute atomic E-state index is 0.0116. The Balaban J connectivity index is 1.51. The quantitative estimate of drug-likeness (QED) is 0.747. The van der Waals surface area contributed by atoms with Crippen LogP contribution in [-0.2, 0) is 19.7 Å². The molecule has 2 heterocycles. The van der Waals surface area contributed by atoms with Crippen molar-refractivity contribution in [2.75, 3.05) is 45.9 Å². The monoisotopic (exact) mass is 387 g/mol. The number of rotatable bonds is 7. The number of likely N-dealkylation sites (tertiary alicyclic amines) is 1. The third-order valence-corrected chi connectivity index (χ3v) is 6.07. The lowest BCUT2D eigenvalue weighted by Gasteiger charge is -2.38. The van der Waals surface area contributed by atoms with Crippen LogP contribution in [0.15, 0.2) is 30.3 Å². The van der Waals surface area contributed by atoms with Gasteiger partial charge in [0.15, 0.2) is 0 Å². The number of hydrogen-bond acceptors (Lipinski definition) is 4. The van der Waals surface area contributed by atoms with E-state index in [1.54, 1.807) is 6.92 Å². The molecule has 1 aromatic rings. The predicted octanol–water partition coefficient (Wildman–Crippen LogP) is 1.70. The van der Waals surface area contributed by atoms with E-state index in [-0.39, 0.29) is 17.2 Å². The molecule has 0 bridgehead atoms. The molecule has 3 rings (SSSR count). The van der Waals surface area contributed by atoms with Crippen LogP contribution < -0.4 is 10.6 Å². The van der Waals surface area contributed by atoms with Gasteiger partial charge in [-0.3, -0.25) is 14.5 Å². The number of hydrogen-bond donors (Lipinski definition) is 2. The van der Waals surface area contributed by atoms with Crippen LogP contribution in [0.1, 0.15) is 38.2 Å². The molecule has 1 aromatic carbocycles. The topological polar surface area (TPSA) is 70.7 Å². The molecule has 2 amide bonds. The fraction of sp³-hybridized carbons (Fsp3) is 0.636. The van der Waals surface area contributed by atoms with Gasteiger partial charge in [-0.05, 0) is 43.7 Å². The van der Waals surface area contributed by atoms with Crippen LogP contribution in [0.4, 0.5) is 0 Å². The Labute approximate surface area is 168 Å². The number of benzene rings is 1. The maximum absolute atomic E-state index is 12.6. The Hall–Kier alpha value is -1.92. The standard InChI is InChI=1S/C22H33N3O3/c1-18(26)23-14-19-6-5-11-25(15-19)16-21(27)24-17-22(9-12-28-13-10-22)20-7-3-2-4-8-20/h2-4,7-8,19H,5-6,9-17H2,1H3,(H,23,26)(H,24,27). The molecule has 0 saturated carbocycles. The van der Waals surface area contributed by atoms with Gasteiger partial charge in [0, 0.05) is 45.2 Å². The van der Waals surface area contributed by atoms with Crippen molar-refractivity contribution in [3.8, 4) is 0 Å². The Bertz CT molecular complexity index is 644. The van der Waals surface area contributed by atoms with Gasteiger partial charge in [-0.25, -0.2) is 0 Å². The Kier molecular flexibility index (Phi) is 7.45. The molecular formula is C22H33N3O3. The van der Waals surface area contributed by atoms with Crippen molar-refractivity contribution < 1.29 is 14.3 Å². The second-order valence-corrected chi connectivity index (χ2v) is 8.22. The molecule has 1 atom stereocenters. The normalized spacial score (nSPS) is 22.4. The van der Waals surface area contributed by atoms with Crippen molar-refractivity contribution in [2.45, 2.75) is 38.0 Å². The highest BCUT2D eigenvalue weighted by atomic mass is 16.5. The molecule has 2 fully saturated rings. The number of ether oxygens (including phenoxy) is 1. The first-order valence-corrected chi connectivity index (χ1v) is 10.4. The summed E-state index contributed by atoms with van der Waals surface area (Å²) in [6, 6.07) is 10.5. The summed E-state index contributed by atoms with van der Waals surface area (Å²) in [5.74, 6) is 0.524. The largest absolute Gasteiger partial charge is 0.381 e. The highest BCUT2D eigenvalue weighted by molar-refractivity contribution is 5.78. The van der Waals surface area contributed by atoms with Crippen molar-refractivity contribution in [2.24, 2.45) is 5.92 Å². The minimum Gasteiger partial charge on any atom is -0.381 e. The minimum atomic E-state index is -0.0367. The Morgan fingerprint density at radius 3 is 2.64 bits per heavy atom. The molecule has 6 nitrogen and oxygen atoms in total. The lowest BCUT2D eigenvalue weighted by atomic mass is 9.74. The number of nitrogens with one attached hydrogen (secondary N) is 2. The van der Waals surface area contributed by atoms with E-state index in [0.717, 1.165) is 52.0 Å². The third kappa shape index (κ3) is 5.79. The lowest BCUT2D eigenvalue weighted by Crippen LogP contribution is -2.49. The van der Waals surface area contributed by atoms with Crippen molar-refractivity contribution in [3.05, 3.63) is 35.9 Å². The molecule has 2 aliphatic rings. The van der Waals surface area contributed by atoms with Gasteiger partial charge in [0.1, 0.15) is 0 Å². The van der Waals surface area contributed by atoms with E-state index in [2.05, 4.69) is 39.8 Å². The summed E-state index contributed by atoms with van der Waals surface area (Å²) in [5, 5.41) is 6.10. The maximum atomic E-state index is 12.6. The molecular weight excluding hydrogens is 354 g/mol. The number of nitrogens with zero attached hydrogens (tertiary/aromatic N) is 1. The van der Waals surface area contributed by atoms with E-state index in [9.17, 15) is 9.59 Å². The average molecular weight is 388 g/mol. The summed E-state index contributed by atoms with van der Waals surface area (Å²) >= 11 is 0. The second kappa shape index (κ2) is 10.0. The Morgan fingerprint density at radius 1 is 1.18 bits per heavy atom. The highest BCUT2D eigenvalue weighted by Gasteiger charge is 2.35. The van der Waals surface area contributed by atoms with E-state index >= 15 is 0 Å². The highest BCUT2D eigenvalue weighted by Crippen LogP contribution is 2.34. The fourth-order valence-corrected chi connectivity index (χ4v) is 4.40. The summed E-state index contributed by atoms with van der Waals surface area (Å²) in [4.78, 5) is 26.0. The van der Waals surface area contributed by atoms with Gasteiger partial charge in [-0.15, -0.1) is 0 Å². The first-order chi connectivity index (χ1) is 13.6. The van der Waals surface area contributed by atoms with Crippen LogP contribution >= 0.6 is 0 Å².